The molecule has 16 heavy (non-hydrogen) atoms. The van der Waals surface area contributed by atoms with Crippen molar-refractivity contribution in [1.82, 2.24) is 14.7 Å². The Balaban J connectivity index is 2.02. The van der Waals surface area contributed by atoms with E-state index in [0.717, 1.165) is 24.1 Å². The van der Waals surface area contributed by atoms with Crippen molar-refractivity contribution in [3.63, 3.8) is 0 Å². The molecule has 1 aliphatic rings. The first kappa shape index (κ1) is 11.5. The largest absolute Gasteiger partial charge is 0.384 e. The van der Waals surface area contributed by atoms with Crippen LogP contribution in [0.4, 0.5) is 5.82 Å². The van der Waals surface area contributed by atoms with Crippen LogP contribution in [0.25, 0.3) is 0 Å². The smallest absolute Gasteiger partial charge is 0.121 e. The highest BCUT2D eigenvalue weighted by molar-refractivity contribution is 5.30. The number of hydrogen-bond donors (Lipinski definition) is 1. The number of rotatable bonds is 3. The van der Waals surface area contributed by atoms with Crippen molar-refractivity contribution >= 4 is 5.82 Å². The zero-order chi connectivity index (χ0) is 11.5. The maximum atomic E-state index is 5.79. The molecule has 0 saturated carbocycles. The molecule has 1 unspecified atom stereocenters. The van der Waals surface area contributed by atoms with Crippen LogP contribution in [0.5, 0.6) is 0 Å². The van der Waals surface area contributed by atoms with Crippen LogP contribution in [0, 0.1) is 0 Å². The second-order valence-electron chi connectivity index (χ2n) is 4.71. The van der Waals surface area contributed by atoms with Crippen molar-refractivity contribution in [2.24, 2.45) is 7.05 Å². The molecular formula is C12H22N4. The zero-order valence-corrected chi connectivity index (χ0v) is 10.3. The molecule has 0 amide bonds. The van der Waals surface area contributed by atoms with Crippen molar-refractivity contribution in [3.8, 4) is 0 Å². The van der Waals surface area contributed by atoms with E-state index in [2.05, 4.69) is 16.9 Å². The minimum Gasteiger partial charge on any atom is -0.384 e. The lowest BCUT2D eigenvalue weighted by molar-refractivity contribution is 0.134. The molecule has 2 N–H and O–H groups in total. The van der Waals surface area contributed by atoms with E-state index in [1.54, 1.807) is 4.68 Å². The van der Waals surface area contributed by atoms with E-state index in [-0.39, 0.29) is 0 Å². The van der Waals surface area contributed by atoms with E-state index in [9.17, 15) is 0 Å². The van der Waals surface area contributed by atoms with E-state index in [1.807, 2.05) is 13.1 Å². The Labute approximate surface area is 97.4 Å². The number of hydrogen-bond acceptors (Lipinski definition) is 3. The lowest BCUT2D eigenvalue weighted by Crippen LogP contribution is -2.38. The van der Waals surface area contributed by atoms with Gasteiger partial charge in [0.2, 0.25) is 0 Å². The second kappa shape index (κ2) is 4.87. The third kappa shape index (κ3) is 2.38. The number of aromatic nitrogens is 2. The van der Waals surface area contributed by atoms with E-state index in [0.29, 0.717) is 0 Å². The number of aryl methyl sites for hydroxylation is 1. The van der Waals surface area contributed by atoms with Gasteiger partial charge in [0.15, 0.2) is 0 Å². The molecule has 1 aromatic heterocycles. The highest BCUT2D eigenvalue weighted by atomic mass is 15.3. The minimum atomic E-state index is 0.733. The Bertz CT molecular complexity index is 325. The fourth-order valence-electron chi connectivity index (χ4n) is 2.56. The molecule has 0 aliphatic carbocycles. The summed E-state index contributed by atoms with van der Waals surface area (Å²) < 4.78 is 1.75. The summed E-state index contributed by atoms with van der Waals surface area (Å²) >= 11 is 0. The zero-order valence-electron chi connectivity index (χ0n) is 10.3. The van der Waals surface area contributed by atoms with Gasteiger partial charge in [-0.2, -0.15) is 5.10 Å². The molecular weight excluding hydrogens is 200 g/mol. The highest BCUT2D eigenvalue weighted by Gasteiger charge is 2.21. The Morgan fingerprint density at radius 2 is 2.31 bits per heavy atom. The number of piperidine rings is 1. The second-order valence-corrected chi connectivity index (χ2v) is 4.71. The molecule has 2 heterocycles. The van der Waals surface area contributed by atoms with Crippen LogP contribution < -0.4 is 5.73 Å². The number of likely N-dealkylation sites (tertiary alicyclic amines) is 1. The molecule has 4 heteroatoms. The van der Waals surface area contributed by atoms with Gasteiger partial charge in [0, 0.05) is 25.7 Å². The number of nitrogen functional groups attached to an aromatic ring is 1. The van der Waals surface area contributed by atoms with Crippen molar-refractivity contribution in [1.29, 1.82) is 0 Å². The Morgan fingerprint density at radius 1 is 1.50 bits per heavy atom. The van der Waals surface area contributed by atoms with Crippen LogP contribution in [0.1, 0.15) is 38.3 Å². The van der Waals surface area contributed by atoms with Crippen LogP contribution >= 0.6 is 0 Å². The maximum absolute atomic E-state index is 5.79. The van der Waals surface area contributed by atoms with Gasteiger partial charge < -0.3 is 5.73 Å². The lowest BCUT2D eigenvalue weighted by Gasteiger charge is -2.34. The monoisotopic (exact) mass is 222 g/mol. The van der Waals surface area contributed by atoms with Gasteiger partial charge in [0.1, 0.15) is 5.82 Å². The molecule has 1 saturated heterocycles. The summed E-state index contributed by atoms with van der Waals surface area (Å²) in [4.78, 5) is 2.55. The summed E-state index contributed by atoms with van der Waals surface area (Å²) in [5.74, 6) is 0.750. The molecule has 1 atom stereocenters. The van der Waals surface area contributed by atoms with Crippen LogP contribution in [-0.4, -0.2) is 27.3 Å². The van der Waals surface area contributed by atoms with Gasteiger partial charge in [-0.15, -0.1) is 0 Å². The standard InChI is InChI=1S/C12H22N4/c1-3-11-6-4-5-7-16(11)9-10-8-12(13)15(2)14-10/h8,11H,3-7,9,13H2,1-2H3. The summed E-state index contributed by atoms with van der Waals surface area (Å²) in [6, 6.07) is 2.72. The molecule has 90 valence electrons. The fourth-order valence-corrected chi connectivity index (χ4v) is 2.56. The first-order valence-electron chi connectivity index (χ1n) is 6.23. The predicted molar refractivity (Wildman–Crippen MR) is 66.0 cm³/mol. The number of nitrogens with two attached hydrogens (primary N) is 1. The summed E-state index contributed by atoms with van der Waals surface area (Å²) in [6.07, 6.45) is 5.26. The Hall–Kier alpha value is -1.03. The van der Waals surface area contributed by atoms with Gasteiger partial charge in [-0.25, -0.2) is 0 Å². The van der Waals surface area contributed by atoms with E-state index in [1.165, 1.54) is 32.2 Å². The molecule has 4 nitrogen and oxygen atoms in total. The van der Waals surface area contributed by atoms with Gasteiger partial charge in [-0.3, -0.25) is 9.58 Å². The van der Waals surface area contributed by atoms with Crippen LogP contribution in [0.2, 0.25) is 0 Å². The van der Waals surface area contributed by atoms with Crippen LogP contribution in [-0.2, 0) is 13.6 Å². The summed E-state index contributed by atoms with van der Waals surface area (Å²) in [6.45, 7) is 4.42. The molecule has 1 aliphatic heterocycles. The highest BCUT2D eigenvalue weighted by Crippen LogP contribution is 2.21. The van der Waals surface area contributed by atoms with E-state index >= 15 is 0 Å². The third-order valence-electron chi connectivity index (χ3n) is 3.55. The topological polar surface area (TPSA) is 47.1 Å². The first-order chi connectivity index (χ1) is 7.70. The normalized spacial score (nSPS) is 22.5. The number of anilines is 1. The average molecular weight is 222 g/mol. The molecule has 1 fully saturated rings. The molecule has 0 radical (unpaired) electrons. The minimum absolute atomic E-state index is 0.733. The molecule has 2 rings (SSSR count). The molecule has 0 aromatic carbocycles. The average Bonchev–Trinajstić information content (AvgIpc) is 2.59. The lowest BCUT2D eigenvalue weighted by atomic mass is 10.00. The SMILES string of the molecule is CCC1CCCCN1Cc1cc(N)n(C)n1. The summed E-state index contributed by atoms with van der Waals surface area (Å²) in [5, 5.41) is 4.42. The fraction of sp³-hybridized carbons (Fsp3) is 0.750. The Kier molecular flexibility index (Phi) is 3.49. The van der Waals surface area contributed by atoms with Crippen molar-refractivity contribution < 1.29 is 0 Å². The summed E-state index contributed by atoms with van der Waals surface area (Å²) in [7, 11) is 1.90. The van der Waals surface area contributed by atoms with Crippen molar-refractivity contribution in [2.75, 3.05) is 12.3 Å². The quantitative estimate of drug-likeness (QED) is 0.848. The van der Waals surface area contributed by atoms with Gasteiger partial charge in [-0.1, -0.05) is 13.3 Å². The van der Waals surface area contributed by atoms with Gasteiger partial charge in [-0.05, 0) is 25.8 Å². The molecule has 1 aromatic rings. The van der Waals surface area contributed by atoms with Crippen molar-refractivity contribution in [3.05, 3.63) is 11.8 Å². The van der Waals surface area contributed by atoms with Gasteiger partial charge in [0.25, 0.3) is 0 Å². The Morgan fingerprint density at radius 3 is 2.94 bits per heavy atom. The van der Waals surface area contributed by atoms with Crippen molar-refractivity contribution in [2.45, 2.75) is 45.2 Å². The molecule has 0 bridgehead atoms. The van der Waals surface area contributed by atoms with Crippen LogP contribution in [0.15, 0.2) is 6.07 Å². The summed E-state index contributed by atoms with van der Waals surface area (Å²) in [5.41, 5.74) is 6.89. The van der Waals surface area contributed by atoms with E-state index < -0.39 is 0 Å². The predicted octanol–water partition coefficient (Wildman–Crippen LogP) is 1.77. The molecule has 0 spiro atoms. The van der Waals surface area contributed by atoms with Gasteiger partial charge >= 0.3 is 0 Å². The first-order valence-corrected chi connectivity index (χ1v) is 6.23. The third-order valence-corrected chi connectivity index (χ3v) is 3.55. The van der Waals surface area contributed by atoms with Gasteiger partial charge in [0.05, 0.1) is 5.69 Å². The van der Waals surface area contributed by atoms with Crippen LogP contribution in [0.3, 0.4) is 0 Å². The maximum Gasteiger partial charge on any atom is 0.121 e. The van der Waals surface area contributed by atoms with E-state index in [4.69, 9.17) is 5.73 Å². The number of nitrogens with zero attached hydrogens (tertiary/aromatic N) is 3.